The number of hydrogen-bond donors (Lipinski definition) is 1. The summed E-state index contributed by atoms with van der Waals surface area (Å²) in [5, 5.41) is 0. The number of ether oxygens (including phenoxy) is 2. The van der Waals surface area contributed by atoms with Crippen molar-refractivity contribution < 1.29 is 27.1 Å². The van der Waals surface area contributed by atoms with Crippen molar-refractivity contribution in [2.24, 2.45) is 0 Å². The van der Waals surface area contributed by atoms with Crippen LogP contribution in [0.3, 0.4) is 0 Å². The topological polar surface area (TPSA) is 84.9 Å². The molecule has 0 spiro atoms. The largest absolute Gasteiger partial charge is 0.490 e. The summed E-state index contributed by atoms with van der Waals surface area (Å²) in [4.78, 5) is 13.9. The summed E-state index contributed by atoms with van der Waals surface area (Å²) in [6, 6.07) is 11.5. The van der Waals surface area contributed by atoms with E-state index < -0.39 is 26.8 Å². The molecule has 3 rings (SSSR count). The second kappa shape index (κ2) is 10.1. The first kappa shape index (κ1) is 23.0. The Hall–Kier alpha value is -2.65. The van der Waals surface area contributed by atoms with E-state index >= 15 is 0 Å². The lowest BCUT2D eigenvalue weighted by Crippen LogP contribution is -2.50. The lowest BCUT2D eigenvalue weighted by Gasteiger charge is -2.34. The Bertz CT molecular complexity index is 1010. The summed E-state index contributed by atoms with van der Waals surface area (Å²) in [6.45, 7) is 4.77. The van der Waals surface area contributed by atoms with Gasteiger partial charge in [-0.05, 0) is 38.1 Å². The van der Waals surface area contributed by atoms with E-state index in [2.05, 4.69) is 4.72 Å². The van der Waals surface area contributed by atoms with E-state index in [1.165, 1.54) is 19.1 Å². The van der Waals surface area contributed by atoms with Gasteiger partial charge in [-0.1, -0.05) is 24.3 Å². The van der Waals surface area contributed by atoms with Crippen molar-refractivity contribution >= 4 is 15.9 Å². The van der Waals surface area contributed by atoms with Gasteiger partial charge in [-0.25, -0.2) is 12.8 Å². The van der Waals surface area contributed by atoms with Crippen molar-refractivity contribution in [1.82, 2.24) is 9.62 Å². The summed E-state index contributed by atoms with van der Waals surface area (Å²) >= 11 is 0. The van der Waals surface area contributed by atoms with Crippen LogP contribution in [0.25, 0.3) is 0 Å². The minimum absolute atomic E-state index is 0.0731. The van der Waals surface area contributed by atoms with Crippen molar-refractivity contribution in [3.05, 3.63) is 54.3 Å². The Kier molecular flexibility index (Phi) is 7.50. The Balaban J connectivity index is 1.56. The van der Waals surface area contributed by atoms with Crippen molar-refractivity contribution in [3.63, 3.8) is 0 Å². The molecule has 0 aromatic heterocycles. The molecule has 2 aromatic rings. The van der Waals surface area contributed by atoms with E-state index in [9.17, 15) is 17.6 Å². The first-order chi connectivity index (χ1) is 14.8. The van der Waals surface area contributed by atoms with Crippen molar-refractivity contribution in [3.8, 4) is 11.5 Å². The molecule has 1 atom stereocenters. The molecule has 7 nitrogen and oxygen atoms in total. The zero-order chi connectivity index (χ0) is 22.4. The van der Waals surface area contributed by atoms with Crippen LogP contribution >= 0.6 is 0 Å². The molecule has 1 aliphatic rings. The van der Waals surface area contributed by atoms with Gasteiger partial charge in [-0.3, -0.25) is 4.79 Å². The molecule has 0 radical (unpaired) electrons. The van der Waals surface area contributed by atoms with E-state index in [1.807, 2.05) is 31.2 Å². The van der Waals surface area contributed by atoms with Gasteiger partial charge >= 0.3 is 0 Å². The smallest absolute Gasteiger partial charge is 0.244 e. The standard InChI is InChI=1S/C22H27FN2O5S/c1-3-29-19-9-5-6-10-20(19)30-17-12-14-25(15-13-17)22(26)16(2)24-31(27,28)21-11-7-4-8-18(21)23/h4-11,16-17,24H,3,12-15H2,1-2H3/t16-/m0/s1. The molecule has 0 aliphatic carbocycles. The second-order valence-corrected chi connectivity index (χ2v) is 8.98. The normalized spacial score (nSPS) is 16.0. The Morgan fingerprint density at radius 1 is 1.13 bits per heavy atom. The molecule has 0 unspecified atom stereocenters. The molecule has 0 bridgehead atoms. The lowest BCUT2D eigenvalue weighted by atomic mass is 10.1. The maximum absolute atomic E-state index is 13.9. The van der Waals surface area contributed by atoms with Crippen LogP contribution in [0.1, 0.15) is 26.7 Å². The number of likely N-dealkylation sites (tertiary alicyclic amines) is 1. The van der Waals surface area contributed by atoms with Gasteiger partial charge in [-0.15, -0.1) is 0 Å². The number of benzene rings is 2. The first-order valence-electron chi connectivity index (χ1n) is 10.3. The zero-order valence-corrected chi connectivity index (χ0v) is 18.4. The van der Waals surface area contributed by atoms with E-state index in [0.29, 0.717) is 44.0 Å². The molecule has 1 N–H and O–H groups in total. The highest BCUT2D eigenvalue weighted by molar-refractivity contribution is 7.89. The summed E-state index contributed by atoms with van der Waals surface area (Å²) in [7, 11) is -4.15. The van der Waals surface area contributed by atoms with Gasteiger partial charge in [0.05, 0.1) is 12.6 Å². The van der Waals surface area contributed by atoms with Gasteiger partial charge in [0.1, 0.15) is 16.8 Å². The highest BCUT2D eigenvalue weighted by Crippen LogP contribution is 2.29. The van der Waals surface area contributed by atoms with Gasteiger partial charge in [0.15, 0.2) is 11.5 Å². The van der Waals surface area contributed by atoms with Crippen molar-refractivity contribution in [1.29, 1.82) is 0 Å². The van der Waals surface area contributed by atoms with Crippen LogP contribution in [0.15, 0.2) is 53.4 Å². The summed E-state index contributed by atoms with van der Waals surface area (Å²) < 4.78 is 52.6. The fourth-order valence-corrected chi connectivity index (χ4v) is 4.75. The van der Waals surface area contributed by atoms with Crippen LogP contribution in [-0.4, -0.2) is 51.1 Å². The fraction of sp³-hybridized carbons (Fsp3) is 0.409. The summed E-state index contributed by atoms with van der Waals surface area (Å²) in [6.07, 6.45) is 1.15. The second-order valence-electron chi connectivity index (χ2n) is 7.30. The molecule has 31 heavy (non-hydrogen) atoms. The van der Waals surface area contributed by atoms with Gasteiger partial charge in [0.2, 0.25) is 15.9 Å². The summed E-state index contributed by atoms with van der Waals surface area (Å²) in [5.41, 5.74) is 0. The van der Waals surface area contributed by atoms with Gasteiger partial charge < -0.3 is 14.4 Å². The number of nitrogens with one attached hydrogen (secondary N) is 1. The average Bonchev–Trinajstić information content (AvgIpc) is 2.75. The van der Waals surface area contributed by atoms with E-state index in [-0.39, 0.29) is 12.0 Å². The van der Waals surface area contributed by atoms with Crippen LogP contribution in [-0.2, 0) is 14.8 Å². The van der Waals surface area contributed by atoms with Gasteiger partial charge in [0, 0.05) is 25.9 Å². The van der Waals surface area contributed by atoms with E-state index in [1.54, 1.807) is 4.90 Å². The van der Waals surface area contributed by atoms with Crippen molar-refractivity contribution in [2.75, 3.05) is 19.7 Å². The number of carbonyl (C=O) groups is 1. The van der Waals surface area contributed by atoms with E-state index in [4.69, 9.17) is 9.47 Å². The number of sulfonamides is 1. The number of halogens is 1. The quantitative estimate of drug-likeness (QED) is 0.669. The molecular formula is C22H27FN2O5S. The van der Waals surface area contributed by atoms with E-state index in [0.717, 1.165) is 12.1 Å². The van der Waals surface area contributed by atoms with Crippen molar-refractivity contribution in [2.45, 2.75) is 43.7 Å². The third kappa shape index (κ3) is 5.74. The van der Waals surface area contributed by atoms with Gasteiger partial charge in [0.25, 0.3) is 0 Å². The molecule has 1 aliphatic heterocycles. The maximum Gasteiger partial charge on any atom is 0.244 e. The predicted octanol–water partition coefficient (Wildman–Crippen LogP) is 2.96. The molecule has 1 amide bonds. The average molecular weight is 451 g/mol. The summed E-state index contributed by atoms with van der Waals surface area (Å²) in [5.74, 6) is 0.132. The number of carbonyl (C=O) groups excluding carboxylic acids is 1. The molecule has 1 fully saturated rings. The first-order valence-corrected chi connectivity index (χ1v) is 11.7. The third-order valence-corrected chi connectivity index (χ3v) is 6.60. The van der Waals surface area contributed by atoms with Crippen LogP contribution < -0.4 is 14.2 Å². The van der Waals surface area contributed by atoms with Gasteiger partial charge in [-0.2, -0.15) is 4.72 Å². The molecule has 0 saturated carbocycles. The number of hydrogen-bond acceptors (Lipinski definition) is 5. The predicted molar refractivity (Wildman–Crippen MR) is 114 cm³/mol. The number of amides is 1. The number of nitrogens with zero attached hydrogens (tertiary/aromatic N) is 1. The molecule has 9 heteroatoms. The highest BCUT2D eigenvalue weighted by Gasteiger charge is 2.30. The molecule has 1 heterocycles. The molecular weight excluding hydrogens is 423 g/mol. The molecule has 168 valence electrons. The Morgan fingerprint density at radius 3 is 2.39 bits per heavy atom. The maximum atomic E-state index is 13.9. The monoisotopic (exact) mass is 450 g/mol. The van der Waals surface area contributed by atoms with Crippen LogP contribution in [0.4, 0.5) is 4.39 Å². The number of para-hydroxylation sites is 2. The van der Waals surface area contributed by atoms with Crippen LogP contribution in [0.5, 0.6) is 11.5 Å². The number of piperidine rings is 1. The SMILES string of the molecule is CCOc1ccccc1OC1CCN(C(=O)[C@H](C)NS(=O)(=O)c2ccccc2F)CC1. The number of rotatable bonds is 8. The Labute approximate surface area is 182 Å². The minimum Gasteiger partial charge on any atom is -0.490 e. The van der Waals surface area contributed by atoms with Crippen LogP contribution in [0.2, 0.25) is 0 Å². The zero-order valence-electron chi connectivity index (χ0n) is 17.6. The molecule has 2 aromatic carbocycles. The Morgan fingerprint density at radius 2 is 1.74 bits per heavy atom. The fourth-order valence-electron chi connectivity index (χ4n) is 3.48. The minimum atomic E-state index is -4.15. The lowest BCUT2D eigenvalue weighted by molar-refractivity contribution is -0.134. The highest BCUT2D eigenvalue weighted by atomic mass is 32.2. The third-order valence-electron chi connectivity index (χ3n) is 5.02. The molecule has 1 saturated heterocycles. The van der Waals surface area contributed by atoms with Crippen LogP contribution in [0, 0.1) is 5.82 Å².